The number of anilines is 2. The van der Waals surface area contributed by atoms with Crippen LogP contribution in [0.15, 0.2) is 0 Å². The van der Waals surface area contributed by atoms with Gasteiger partial charge in [-0.1, -0.05) is 6.92 Å². The Morgan fingerprint density at radius 2 is 2.06 bits per heavy atom. The summed E-state index contributed by atoms with van der Waals surface area (Å²) >= 11 is 0. The van der Waals surface area contributed by atoms with Crippen LogP contribution >= 0.6 is 0 Å². The molecule has 0 aromatic carbocycles. The number of hydrogen-bond acceptors (Lipinski definition) is 7. The SMILES string of the molecule is CCC(C)(C)Nc1nc(NN)nc(C)c1[N+](=O)[O-]. The molecule has 0 atom stereocenters. The number of hydrazine groups is 1. The largest absolute Gasteiger partial charge is 0.359 e. The first-order chi connectivity index (χ1) is 8.30. The summed E-state index contributed by atoms with van der Waals surface area (Å²) in [6.45, 7) is 7.40. The maximum atomic E-state index is 11.1. The quantitative estimate of drug-likeness (QED) is 0.414. The minimum Gasteiger partial charge on any atom is -0.359 e. The van der Waals surface area contributed by atoms with Crippen LogP contribution in [-0.4, -0.2) is 20.4 Å². The topological polar surface area (TPSA) is 119 Å². The molecule has 0 fully saturated rings. The Bertz CT molecular complexity index is 460. The monoisotopic (exact) mass is 254 g/mol. The van der Waals surface area contributed by atoms with Gasteiger partial charge in [-0.15, -0.1) is 0 Å². The molecule has 0 amide bonds. The number of nitrogens with zero attached hydrogens (tertiary/aromatic N) is 3. The number of hydrogen-bond donors (Lipinski definition) is 3. The average molecular weight is 254 g/mol. The van der Waals surface area contributed by atoms with Crippen LogP contribution in [0.3, 0.4) is 0 Å². The lowest BCUT2D eigenvalue weighted by atomic mass is 10.0. The zero-order valence-electron chi connectivity index (χ0n) is 10.9. The lowest BCUT2D eigenvalue weighted by molar-refractivity contribution is -0.385. The van der Waals surface area contributed by atoms with E-state index in [9.17, 15) is 10.1 Å². The Balaban J connectivity index is 3.30. The molecule has 100 valence electrons. The Morgan fingerprint density at radius 3 is 2.50 bits per heavy atom. The van der Waals surface area contributed by atoms with Gasteiger partial charge in [-0.05, 0) is 27.2 Å². The summed E-state index contributed by atoms with van der Waals surface area (Å²) in [5.41, 5.74) is 2.12. The Morgan fingerprint density at radius 1 is 1.44 bits per heavy atom. The second kappa shape index (κ2) is 5.13. The van der Waals surface area contributed by atoms with Gasteiger partial charge in [0.1, 0.15) is 5.69 Å². The molecule has 0 aliphatic carbocycles. The predicted molar refractivity (Wildman–Crippen MR) is 69.2 cm³/mol. The van der Waals surface area contributed by atoms with E-state index in [0.717, 1.165) is 6.42 Å². The van der Waals surface area contributed by atoms with Crippen molar-refractivity contribution in [3.63, 3.8) is 0 Å². The van der Waals surface area contributed by atoms with Crippen molar-refractivity contribution in [2.75, 3.05) is 10.7 Å². The molecule has 1 aromatic rings. The summed E-state index contributed by atoms with van der Waals surface area (Å²) in [6.07, 6.45) is 0.790. The number of nitrogens with two attached hydrogens (primary N) is 1. The number of rotatable bonds is 5. The molecular weight excluding hydrogens is 236 g/mol. The van der Waals surface area contributed by atoms with Gasteiger partial charge in [0.05, 0.1) is 4.92 Å². The van der Waals surface area contributed by atoms with E-state index in [1.54, 1.807) is 6.92 Å². The molecule has 0 aliphatic heterocycles. The highest BCUT2D eigenvalue weighted by Crippen LogP contribution is 2.29. The van der Waals surface area contributed by atoms with Crippen molar-refractivity contribution < 1.29 is 4.92 Å². The van der Waals surface area contributed by atoms with Gasteiger partial charge in [-0.3, -0.25) is 15.5 Å². The molecule has 0 radical (unpaired) electrons. The first kappa shape index (κ1) is 14.1. The van der Waals surface area contributed by atoms with Gasteiger partial charge in [0.25, 0.3) is 0 Å². The predicted octanol–water partition coefficient (Wildman–Crippen LogP) is 1.58. The molecule has 8 nitrogen and oxygen atoms in total. The molecule has 1 aromatic heterocycles. The zero-order valence-corrected chi connectivity index (χ0v) is 10.9. The molecule has 1 heterocycles. The Kier molecular flexibility index (Phi) is 4.02. The van der Waals surface area contributed by atoms with Crippen LogP contribution in [0.4, 0.5) is 17.5 Å². The highest BCUT2D eigenvalue weighted by atomic mass is 16.6. The van der Waals surface area contributed by atoms with Crippen LogP contribution in [0.1, 0.15) is 32.9 Å². The molecule has 0 aliphatic rings. The van der Waals surface area contributed by atoms with E-state index in [-0.39, 0.29) is 28.7 Å². The fourth-order valence-corrected chi connectivity index (χ4v) is 1.35. The van der Waals surface area contributed by atoms with Crippen molar-refractivity contribution in [2.45, 2.75) is 39.7 Å². The van der Waals surface area contributed by atoms with Crippen molar-refractivity contribution in [3.8, 4) is 0 Å². The van der Waals surface area contributed by atoms with Crippen LogP contribution in [0.25, 0.3) is 0 Å². The molecule has 0 spiro atoms. The summed E-state index contributed by atoms with van der Waals surface area (Å²) in [5.74, 6) is 5.56. The number of nitro groups is 1. The van der Waals surface area contributed by atoms with E-state index >= 15 is 0 Å². The van der Waals surface area contributed by atoms with E-state index in [4.69, 9.17) is 5.84 Å². The lowest BCUT2D eigenvalue weighted by Crippen LogP contribution is -2.31. The van der Waals surface area contributed by atoms with Gasteiger partial charge in [-0.2, -0.15) is 4.98 Å². The average Bonchev–Trinajstić information content (AvgIpc) is 2.27. The molecule has 0 saturated carbocycles. The third kappa shape index (κ3) is 3.04. The van der Waals surface area contributed by atoms with Crippen molar-refractivity contribution in [1.82, 2.24) is 9.97 Å². The van der Waals surface area contributed by atoms with E-state index in [0.29, 0.717) is 0 Å². The van der Waals surface area contributed by atoms with E-state index in [1.165, 1.54) is 0 Å². The first-order valence-corrected chi connectivity index (χ1v) is 5.58. The molecule has 8 heteroatoms. The highest BCUT2D eigenvalue weighted by molar-refractivity contribution is 5.61. The summed E-state index contributed by atoms with van der Waals surface area (Å²) in [4.78, 5) is 18.5. The molecule has 0 saturated heterocycles. The lowest BCUT2D eigenvalue weighted by Gasteiger charge is -2.25. The summed E-state index contributed by atoms with van der Waals surface area (Å²) in [7, 11) is 0. The third-order valence-corrected chi connectivity index (χ3v) is 2.71. The maximum Gasteiger partial charge on any atom is 0.332 e. The van der Waals surface area contributed by atoms with E-state index in [2.05, 4.69) is 20.7 Å². The van der Waals surface area contributed by atoms with Crippen molar-refractivity contribution in [3.05, 3.63) is 15.8 Å². The summed E-state index contributed by atoms with van der Waals surface area (Å²) < 4.78 is 0. The fourth-order valence-electron chi connectivity index (χ4n) is 1.35. The molecule has 18 heavy (non-hydrogen) atoms. The van der Waals surface area contributed by atoms with Gasteiger partial charge >= 0.3 is 5.69 Å². The van der Waals surface area contributed by atoms with Crippen LogP contribution in [0.2, 0.25) is 0 Å². The van der Waals surface area contributed by atoms with Gasteiger partial charge < -0.3 is 5.32 Å². The maximum absolute atomic E-state index is 11.1. The second-order valence-electron chi connectivity index (χ2n) is 4.59. The second-order valence-corrected chi connectivity index (χ2v) is 4.59. The summed E-state index contributed by atoms with van der Waals surface area (Å²) in [5, 5.41) is 14.1. The van der Waals surface area contributed by atoms with Gasteiger partial charge in [-0.25, -0.2) is 10.8 Å². The number of aryl methyl sites for hydroxylation is 1. The molecule has 1 rings (SSSR count). The number of nitrogen functional groups attached to an aromatic ring is 1. The highest BCUT2D eigenvalue weighted by Gasteiger charge is 2.26. The minimum absolute atomic E-state index is 0.129. The van der Waals surface area contributed by atoms with Gasteiger partial charge in [0, 0.05) is 5.54 Å². The normalized spacial score (nSPS) is 11.2. The fraction of sp³-hybridized carbons (Fsp3) is 0.600. The number of aromatic nitrogens is 2. The Labute approximate surface area is 105 Å². The minimum atomic E-state index is -0.496. The van der Waals surface area contributed by atoms with Gasteiger partial charge in [0.2, 0.25) is 11.8 Å². The molecule has 0 unspecified atom stereocenters. The molecule has 0 bridgehead atoms. The molecular formula is C10H18N6O2. The summed E-state index contributed by atoms with van der Waals surface area (Å²) in [6, 6.07) is 0. The molecule has 4 N–H and O–H groups in total. The zero-order chi connectivity index (χ0) is 13.9. The van der Waals surface area contributed by atoms with Gasteiger partial charge in [0.15, 0.2) is 0 Å². The Hall–Kier alpha value is -1.96. The smallest absolute Gasteiger partial charge is 0.332 e. The van der Waals surface area contributed by atoms with Crippen LogP contribution in [0.5, 0.6) is 0 Å². The van der Waals surface area contributed by atoms with Crippen LogP contribution < -0.4 is 16.6 Å². The first-order valence-electron chi connectivity index (χ1n) is 5.58. The van der Waals surface area contributed by atoms with Crippen LogP contribution in [0, 0.1) is 17.0 Å². The van der Waals surface area contributed by atoms with Crippen LogP contribution in [-0.2, 0) is 0 Å². The van der Waals surface area contributed by atoms with Crippen molar-refractivity contribution >= 4 is 17.5 Å². The van der Waals surface area contributed by atoms with Crippen molar-refractivity contribution in [1.29, 1.82) is 0 Å². The van der Waals surface area contributed by atoms with E-state index in [1.807, 2.05) is 20.8 Å². The number of nitrogens with one attached hydrogen (secondary N) is 2. The van der Waals surface area contributed by atoms with Crippen molar-refractivity contribution in [2.24, 2.45) is 5.84 Å². The third-order valence-electron chi connectivity index (χ3n) is 2.71. The standard InChI is InChI=1S/C10H18N6O2/c1-5-10(3,4)14-8-7(16(17)18)6(2)12-9(13-8)15-11/h5,11H2,1-4H3,(H2,12,13,14,15). The van der Waals surface area contributed by atoms with E-state index < -0.39 is 4.92 Å².